The summed E-state index contributed by atoms with van der Waals surface area (Å²) in [5.74, 6) is -0.800. The van der Waals surface area contributed by atoms with Crippen LogP contribution in [0.3, 0.4) is 0 Å². The van der Waals surface area contributed by atoms with Crippen LogP contribution in [0.25, 0.3) is 0 Å². The summed E-state index contributed by atoms with van der Waals surface area (Å²) in [4.78, 5) is 39.7. The molecule has 1 aliphatic carbocycles. The number of nitrogens with one attached hydrogen (secondary N) is 1. The summed E-state index contributed by atoms with van der Waals surface area (Å²) in [7, 11) is 0. The second kappa shape index (κ2) is 8.84. The molecule has 2 atom stereocenters. The fraction of sp³-hybridized carbons (Fsp3) is 0.227. The Labute approximate surface area is 188 Å². The zero-order valence-electron chi connectivity index (χ0n) is 15.8. The standard InChI is InChI=1S/C22H18Cl2N2O3S/c23-13-5-10-18(24)19(11-13)25-20(27)12-30-15-8-6-14(7-9-15)26-21(28)16-3-1-2-4-17(16)22(26)29/h1-2,5-11,16-17H,3-4,12H2,(H,25,27)/t16-,17+. The number of allylic oxidation sites excluding steroid dienone is 2. The molecule has 5 nitrogen and oxygen atoms in total. The molecule has 4 rings (SSSR count). The van der Waals surface area contributed by atoms with E-state index in [1.165, 1.54) is 16.7 Å². The van der Waals surface area contributed by atoms with Gasteiger partial charge in [-0.3, -0.25) is 19.3 Å². The average Bonchev–Trinajstić information content (AvgIpc) is 3.00. The van der Waals surface area contributed by atoms with Gasteiger partial charge < -0.3 is 5.32 Å². The maximum absolute atomic E-state index is 12.7. The normalized spacial score (nSPS) is 20.4. The fourth-order valence-corrected chi connectivity index (χ4v) is 4.71. The van der Waals surface area contributed by atoms with Crippen LogP contribution in [0.1, 0.15) is 12.8 Å². The van der Waals surface area contributed by atoms with Crippen LogP contribution in [0.2, 0.25) is 10.0 Å². The quantitative estimate of drug-likeness (QED) is 0.379. The molecule has 3 amide bonds. The molecule has 2 aromatic rings. The highest BCUT2D eigenvalue weighted by molar-refractivity contribution is 8.00. The molecule has 2 aliphatic rings. The number of hydrogen-bond acceptors (Lipinski definition) is 4. The molecule has 0 radical (unpaired) electrons. The first-order valence-electron chi connectivity index (χ1n) is 9.44. The summed E-state index contributed by atoms with van der Waals surface area (Å²) in [5, 5.41) is 3.64. The van der Waals surface area contributed by atoms with Crippen LogP contribution in [0.4, 0.5) is 11.4 Å². The second-order valence-corrected chi connectivity index (χ2v) is 9.01. The van der Waals surface area contributed by atoms with Crippen molar-refractivity contribution in [2.45, 2.75) is 17.7 Å². The van der Waals surface area contributed by atoms with Gasteiger partial charge in [0.25, 0.3) is 0 Å². The van der Waals surface area contributed by atoms with Crippen molar-refractivity contribution < 1.29 is 14.4 Å². The summed E-state index contributed by atoms with van der Waals surface area (Å²) in [5.41, 5.74) is 1.03. The Balaban J connectivity index is 1.37. The number of hydrogen-bond donors (Lipinski definition) is 1. The highest BCUT2D eigenvalue weighted by Crippen LogP contribution is 2.38. The molecule has 0 unspecified atom stereocenters. The van der Waals surface area contributed by atoms with Crippen molar-refractivity contribution in [3.8, 4) is 0 Å². The van der Waals surface area contributed by atoms with E-state index in [1.807, 2.05) is 12.2 Å². The molecule has 1 N–H and O–H groups in total. The maximum Gasteiger partial charge on any atom is 0.238 e. The number of carbonyl (C=O) groups is 3. The Morgan fingerprint density at radius 1 is 1.00 bits per heavy atom. The van der Waals surface area contributed by atoms with E-state index in [0.29, 0.717) is 34.3 Å². The van der Waals surface area contributed by atoms with E-state index in [2.05, 4.69) is 5.32 Å². The molecule has 0 aromatic heterocycles. The average molecular weight is 461 g/mol. The Bertz CT molecular complexity index is 1010. The van der Waals surface area contributed by atoms with Crippen LogP contribution in [0, 0.1) is 11.8 Å². The van der Waals surface area contributed by atoms with Gasteiger partial charge in [0.05, 0.1) is 34.0 Å². The molecule has 0 bridgehead atoms. The highest BCUT2D eigenvalue weighted by Gasteiger charge is 2.47. The van der Waals surface area contributed by atoms with Gasteiger partial charge in [0.2, 0.25) is 17.7 Å². The summed E-state index contributed by atoms with van der Waals surface area (Å²) in [6, 6.07) is 12.0. The smallest absolute Gasteiger partial charge is 0.238 e. The van der Waals surface area contributed by atoms with Gasteiger partial charge in [0.15, 0.2) is 0 Å². The fourth-order valence-electron chi connectivity index (χ4n) is 3.67. The Morgan fingerprint density at radius 3 is 2.27 bits per heavy atom. The van der Waals surface area contributed by atoms with Crippen molar-refractivity contribution in [3.05, 3.63) is 64.7 Å². The third kappa shape index (κ3) is 4.26. The summed E-state index contributed by atoms with van der Waals surface area (Å²) >= 11 is 13.3. The lowest BCUT2D eigenvalue weighted by molar-refractivity contribution is -0.122. The first-order valence-corrected chi connectivity index (χ1v) is 11.2. The molecule has 0 spiro atoms. The van der Waals surface area contributed by atoms with E-state index in [4.69, 9.17) is 23.2 Å². The first-order chi connectivity index (χ1) is 14.4. The van der Waals surface area contributed by atoms with E-state index in [-0.39, 0.29) is 35.3 Å². The summed E-state index contributed by atoms with van der Waals surface area (Å²) in [6.45, 7) is 0. The number of thioether (sulfide) groups is 1. The maximum atomic E-state index is 12.7. The molecule has 1 heterocycles. The van der Waals surface area contributed by atoms with Gasteiger partial charge in [0.1, 0.15) is 0 Å². The lowest BCUT2D eigenvalue weighted by Gasteiger charge is -2.15. The van der Waals surface area contributed by atoms with Crippen LogP contribution in [0.15, 0.2) is 59.5 Å². The SMILES string of the molecule is O=C(CSc1ccc(N2C(=O)[C@H]3CC=CC[C@H]3C2=O)cc1)Nc1cc(Cl)ccc1Cl. The predicted molar refractivity (Wildman–Crippen MR) is 120 cm³/mol. The van der Waals surface area contributed by atoms with Crippen molar-refractivity contribution in [2.24, 2.45) is 11.8 Å². The highest BCUT2D eigenvalue weighted by atomic mass is 35.5. The lowest BCUT2D eigenvalue weighted by atomic mass is 9.85. The number of benzene rings is 2. The van der Waals surface area contributed by atoms with E-state index in [0.717, 1.165) is 4.90 Å². The molecule has 1 saturated heterocycles. The van der Waals surface area contributed by atoms with Crippen molar-refractivity contribution in [1.29, 1.82) is 0 Å². The number of halogens is 2. The van der Waals surface area contributed by atoms with Gasteiger partial charge in [-0.15, -0.1) is 11.8 Å². The third-order valence-electron chi connectivity index (χ3n) is 5.17. The van der Waals surface area contributed by atoms with Crippen LogP contribution in [-0.4, -0.2) is 23.5 Å². The van der Waals surface area contributed by atoms with E-state index in [9.17, 15) is 14.4 Å². The van der Waals surface area contributed by atoms with Gasteiger partial charge in [-0.1, -0.05) is 35.4 Å². The minimum absolute atomic E-state index is 0.132. The second-order valence-electron chi connectivity index (χ2n) is 7.12. The first kappa shape index (κ1) is 21.0. The van der Waals surface area contributed by atoms with Crippen LogP contribution >= 0.6 is 35.0 Å². The Hall–Kier alpha value is -2.28. The van der Waals surface area contributed by atoms with Crippen LogP contribution < -0.4 is 10.2 Å². The third-order valence-corrected chi connectivity index (χ3v) is 6.75. The van der Waals surface area contributed by atoms with E-state index < -0.39 is 0 Å². The lowest BCUT2D eigenvalue weighted by Crippen LogP contribution is -2.30. The molecule has 154 valence electrons. The van der Waals surface area contributed by atoms with Crippen LogP contribution in [-0.2, 0) is 14.4 Å². The summed E-state index contributed by atoms with van der Waals surface area (Å²) in [6.07, 6.45) is 5.17. The molecule has 30 heavy (non-hydrogen) atoms. The largest absolute Gasteiger partial charge is 0.324 e. The van der Waals surface area contributed by atoms with Gasteiger partial charge in [-0.2, -0.15) is 0 Å². The molecule has 1 fully saturated rings. The minimum atomic E-state index is -0.251. The topological polar surface area (TPSA) is 66.5 Å². The number of imide groups is 1. The molecule has 1 aliphatic heterocycles. The van der Waals surface area contributed by atoms with Crippen molar-refractivity contribution in [1.82, 2.24) is 0 Å². The van der Waals surface area contributed by atoms with Crippen molar-refractivity contribution >= 4 is 64.1 Å². The van der Waals surface area contributed by atoms with Crippen LogP contribution in [0.5, 0.6) is 0 Å². The van der Waals surface area contributed by atoms with E-state index >= 15 is 0 Å². The number of fused-ring (bicyclic) bond motifs is 1. The molecule has 8 heteroatoms. The number of nitrogens with zero attached hydrogens (tertiary/aromatic N) is 1. The van der Waals surface area contributed by atoms with Crippen molar-refractivity contribution in [2.75, 3.05) is 16.0 Å². The summed E-state index contributed by atoms with van der Waals surface area (Å²) < 4.78 is 0. The van der Waals surface area contributed by atoms with Gasteiger partial charge >= 0.3 is 0 Å². The monoisotopic (exact) mass is 460 g/mol. The number of anilines is 2. The Kier molecular flexibility index (Phi) is 6.18. The molecule has 0 saturated carbocycles. The molecular weight excluding hydrogens is 443 g/mol. The van der Waals surface area contributed by atoms with Gasteiger partial charge in [-0.05, 0) is 55.3 Å². The van der Waals surface area contributed by atoms with E-state index in [1.54, 1.807) is 42.5 Å². The number of carbonyl (C=O) groups excluding carboxylic acids is 3. The zero-order chi connectivity index (χ0) is 21.3. The number of amides is 3. The van der Waals surface area contributed by atoms with Crippen molar-refractivity contribution in [3.63, 3.8) is 0 Å². The van der Waals surface area contributed by atoms with Gasteiger partial charge in [0, 0.05) is 9.92 Å². The molecular formula is C22H18Cl2N2O3S. The number of rotatable bonds is 5. The predicted octanol–water partition coefficient (Wildman–Crippen LogP) is 5.18. The zero-order valence-corrected chi connectivity index (χ0v) is 18.1. The minimum Gasteiger partial charge on any atom is -0.324 e. The van der Waals surface area contributed by atoms with Gasteiger partial charge in [-0.25, -0.2) is 0 Å². The Morgan fingerprint density at radius 2 is 1.63 bits per heavy atom. The molecule has 2 aromatic carbocycles.